The fourth-order valence-electron chi connectivity index (χ4n) is 1.85. The van der Waals surface area contributed by atoms with E-state index < -0.39 is 12.2 Å². The van der Waals surface area contributed by atoms with Gasteiger partial charge in [-0.2, -0.15) is 0 Å². The van der Waals surface area contributed by atoms with Crippen LogP contribution in [0.4, 0.5) is 0 Å². The Morgan fingerprint density at radius 1 is 1.05 bits per heavy atom. The summed E-state index contributed by atoms with van der Waals surface area (Å²) in [6.45, 7) is 2.71. The molecule has 0 bridgehead atoms. The Kier molecular flexibility index (Phi) is 9.56. The van der Waals surface area contributed by atoms with Crippen LogP contribution in [0.15, 0.2) is 30.3 Å². The van der Waals surface area contributed by atoms with E-state index >= 15 is 0 Å². The van der Waals surface area contributed by atoms with E-state index in [2.05, 4.69) is 18.8 Å². The van der Waals surface area contributed by atoms with Crippen molar-refractivity contribution >= 4 is 0 Å². The molecule has 21 heavy (non-hydrogen) atoms. The maximum Gasteiger partial charge on any atom is 0.104 e. The van der Waals surface area contributed by atoms with Gasteiger partial charge in [0.15, 0.2) is 0 Å². The van der Waals surface area contributed by atoms with Crippen LogP contribution in [-0.2, 0) is 11.3 Å². The summed E-state index contributed by atoms with van der Waals surface area (Å²) in [6, 6.07) is 9.76. The first-order valence-electron chi connectivity index (χ1n) is 7.67. The molecular weight excluding hydrogens is 264 g/mol. The second kappa shape index (κ2) is 11.3. The van der Waals surface area contributed by atoms with Crippen molar-refractivity contribution in [1.29, 1.82) is 0 Å². The minimum absolute atomic E-state index is 0.119. The van der Waals surface area contributed by atoms with Crippen LogP contribution in [0, 0.1) is 11.8 Å². The molecule has 2 atom stereocenters. The van der Waals surface area contributed by atoms with E-state index in [0.717, 1.165) is 18.4 Å². The van der Waals surface area contributed by atoms with Gasteiger partial charge in [-0.15, -0.1) is 11.8 Å². The van der Waals surface area contributed by atoms with Gasteiger partial charge < -0.3 is 14.9 Å². The van der Waals surface area contributed by atoms with E-state index in [9.17, 15) is 10.2 Å². The molecule has 0 spiro atoms. The second-order valence-electron chi connectivity index (χ2n) is 5.15. The van der Waals surface area contributed by atoms with Gasteiger partial charge in [-0.1, -0.05) is 50.1 Å². The standard InChI is InChI=1S/C18H26O3/c1-2-3-4-5-6-10-13-17(19)18(20)15-21-14-16-11-8-7-9-12-16/h7-9,11-12,17-20H,2-5,13-15H2,1H3. The van der Waals surface area contributed by atoms with Gasteiger partial charge in [-0.05, 0) is 12.0 Å². The van der Waals surface area contributed by atoms with Gasteiger partial charge in [0.05, 0.1) is 19.3 Å². The van der Waals surface area contributed by atoms with E-state index in [1.807, 2.05) is 30.3 Å². The number of ether oxygens (including phenoxy) is 1. The predicted octanol–water partition coefficient (Wildman–Crippen LogP) is 2.90. The molecule has 0 aliphatic heterocycles. The maximum atomic E-state index is 9.79. The van der Waals surface area contributed by atoms with E-state index in [1.54, 1.807) is 0 Å². The number of aliphatic hydroxyl groups is 2. The third-order valence-corrected chi connectivity index (χ3v) is 3.19. The van der Waals surface area contributed by atoms with Gasteiger partial charge in [-0.25, -0.2) is 0 Å². The summed E-state index contributed by atoms with van der Waals surface area (Å²) < 4.78 is 5.40. The lowest BCUT2D eigenvalue weighted by Crippen LogP contribution is -2.30. The minimum Gasteiger partial charge on any atom is -0.389 e. The fraction of sp³-hybridized carbons (Fsp3) is 0.556. The topological polar surface area (TPSA) is 49.7 Å². The Morgan fingerprint density at radius 2 is 1.81 bits per heavy atom. The van der Waals surface area contributed by atoms with Crippen LogP contribution in [0.3, 0.4) is 0 Å². The monoisotopic (exact) mass is 290 g/mol. The molecule has 2 N–H and O–H groups in total. The number of unbranched alkanes of at least 4 members (excludes halogenated alkanes) is 3. The van der Waals surface area contributed by atoms with Gasteiger partial charge in [0, 0.05) is 12.8 Å². The van der Waals surface area contributed by atoms with Crippen molar-refractivity contribution in [3.8, 4) is 11.8 Å². The molecule has 116 valence electrons. The molecule has 1 rings (SSSR count). The Bertz CT molecular complexity index is 419. The number of hydrogen-bond acceptors (Lipinski definition) is 3. The van der Waals surface area contributed by atoms with Gasteiger partial charge in [0.2, 0.25) is 0 Å². The molecule has 0 aliphatic rings. The van der Waals surface area contributed by atoms with Crippen LogP contribution >= 0.6 is 0 Å². The highest BCUT2D eigenvalue weighted by Gasteiger charge is 2.15. The predicted molar refractivity (Wildman–Crippen MR) is 84.6 cm³/mol. The maximum absolute atomic E-state index is 9.79. The lowest BCUT2D eigenvalue weighted by molar-refractivity contribution is -0.0399. The Balaban J connectivity index is 2.14. The summed E-state index contributed by atoms with van der Waals surface area (Å²) in [6.07, 6.45) is 2.89. The zero-order valence-corrected chi connectivity index (χ0v) is 12.8. The molecule has 0 saturated heterocycles. The average molecular weight is 290 g/mol. The molecule has 2 unspecified atom stereocenters. The van der Waals surface area contributed by atoms with Crippen LogP contribution in [0.2, 0.25) is 0 Å². The summed E-state index contributed by atoms with van der Waals surface area (Å²) in [5.41, 5.74) is 1.05. The molecule has 0 saturated carbocycles. The number of benzene rings is 1. The number of rotatable bonds is 9. The molecular formula is C18H26O3. The van der Waals surface area contributed by atoms with Crippen molar-refractivity contribution in [1.82, 2.24) is 0 Å². The molecule has 0 heterocycles. The van der Waals surface area contributed by atoms with Gasteiger partial charge >= 0.3 is 0 Å². The largest absolute Gasteiger partial charge is 0.389 e. The summed E-state index contributed by atoms with van der Waals surface area (Å²) in [5, 5.41) is 19.6. The summed E-state index contributed by atoms with van der Waals surface area (Å²) in [4.78, 5) is 0. The first kappa shape index (κ1) is 17.7. The average Bonchev–Trinajstić information content (AvgIpc) is 2.51. The van der Waals surface area contributed by atoms with Crippen molar-refractivity contribution in [3.05, 3.63) is 35.9 Å². The Morgan fingerprint density at radius 3 is 2.52 bits per heavy atom. The van der Waals surface area contributed by atoms with E-state index in [0.29, 0.717) is 13.0 Å². The van der Waals surface area contributed by atoms with Crippen LogP contribution in [-0.4, -0.2) is 29.0 Å². The van der Waals surface area contributed by atoms with Crippen LogP contribution in [0.25, 0.3) is 0 Å². The molecule has 0 amide bonds. The van der Waals surface area contributed by atoms with Gasteiger partial charge in [0.1, 0.15) is 6.10 Å². The Hall–Kier alpha value is -1.34. The molecule has 3 heteroatoms. The molecule has 0 aromatic heterocycles. The lowest BCUT2D eigenvalue weighted by Gasteiger charge is -2.15. The van der Waals surface area contributed by atoms with Crippen molar-refractivity contribution in [2.45, 2.75) is 57.8 Å². The van der Waals surface area contributed by atoms with Crippen molar-refractivity contribution in [2.75, 3.05) is 6.61 Å². The quantitative estimate of drug-likeness (QED) is 0.543. The summed E-state index contributed by atoms with van der Waals surface area (Å²) >= 11 is 0. The zero-order chi connectivity index (χ0) is 15.3. The SMILES string of the molecule is CCCCCC#CCC(O)C(O)COCc1ccccc1. The van der Waals surface area contributed by atoms with E-state index in [4.69, 9.17) is 4.74 Å². The fourth-order valence-corrected chi connectivity index (χ4v) is 1.85. The Labute approximate surface area is 128 Å². The lowest BCUT2D eigenvalue weighted by atomic mass is 10.1. The highest BCUT2D eigenvalue weighted by molar-refractivity contribution is 5.13. The molecule has 0 radical (unpaired) electrons. The van der Waals surface area contributed by atoms with Crippen molar-refractivity contribution < 1.29 is 14.9 Å². The highest BCUT2D eigenvalue weighted by Crippen LogP contribution is 2.04. The molecule has 3 nitrogen and oxygen atoms in total. The highest BCUT2D eigenvalue weighted by atomic mass is 16.5. The summed E-state index contributed by atoms with van der Waals surface area (Å²) in [5.74, 6) is 5.94. The molecule has 0 fully saturated rings. The third kappa shape index (κ3) is 8.52. The van der Waals surface area contributed by atoms with Gasteiger partial charge in [-0.3, -0.25) is 0 Å². The molecule has 1 aromatic rings. The normalized spacial score (nSPS) is 13.3. The first-order valence-corrected chi connectivity index (χ1v) is 7.67. The second-order valence-corrected chi connectivity index (χ2v) is 5.15. The van der Waals surface area contributed by atoms with Crippen molar-refractivity contribution in [2.24, 2.45) is 0 Å². The van der Waals surface area contributed by atoms with Crippen LogP contribution < -0.4 is 0 Å². The van der Waals surface area contributed by atoms with E-state index in [-0.39, 0.29) is 6.61 Å². The van der Waals surface area contributed by atoms with Crippen LogP contribution in [0.1, 0.15) is 44.6 Å². The third-order valence-electron chi connectivity index (χ3n) is 3.19. The number of aliphatic hydroxyl groups excluding tert-OH is 2. The zero-order valence-electron chi connectivity index (χ0n) is 12.8. The minimum atomic E-state index is -0.890. The van der Waals surface area contributed by atoms with E-state index in [1.165, 1.54) is 12.8 Å². The summed E-state index contributed by atoms with van der Waals surface area (Å²) in [7, 11) is 0. The van der Waals surface area contributed by atoms with Crippen LogP contribution in [0.5, 0.6) is 0 Å². The molecule has 1 aromatic carbocycles. The van der Waals surface area contributed by atoms with Crippen molar-refractivity contribution in [3.63, 3.8) is 0 Å². The molecule has 0 aliphatic carbocycles. The number of hydrogen-bond donors (Lipinski definition) is 2. The van der Waals surface area contributed by atoms with Gasteiger partial charge in [0.25, 0.3) is 0 Å². The first-order chi connectivity index (χ1) is 10.2. The smallest absolute Gasteiger partial charge is 0.104 e.